The van der Waals surface area contributed by atoms with Gasteiger partial charge in [0.05, 0.1) is 27.8 Å². The van der Waals surface area contributed by atoms with Crippen molar-refractivity contribution in [3.8, 4) is 56.7 Å². The SMILES string of the molecule is c1ccc(-c2ccc3c4ccccc4n(-c4cccc5c4oc4c5ccc5c6ccc(-c7nc(-c8ccccc8)nc(-c8ccccc8)n7)cc6n(-c6ccccc6)c54)c3c2)cc1. The molecule has 0 saturated heterocycles. The summed E-state index contributed by atoms with van der Waals surface area (Å²) in [4.78, 5) is 15.1. The average Bonchev–Trinajstić information content (AvgIpc) is 4.02. The van der Waals surface area contributed by atoms with E-state index in [4.69, 9.17) is 19.4 Å². The number of aromatic nitrogens is 5. The lowest BCUT2D eigenvalue weighted by molar-refractivity contribution is 0.668. The summed E-state index contributed by atoms with van der Waals surface area (Å²) >= 11 is 0. The number of furan rings is 1. The Balaban J connectivity index is 1.07. The topological polar surface area (TPSA) is 61.7 Å². The zero-order valence-electron chi connectivity index (χ0n) is 33.9. The van der Waals surface area contributed by atoms with Crippen molar-refractivity contribution in [2.24, 2.45) is 0 Å². The summed E-state index contributed by atoms with van der Waals surface area (Å²) in [5.74, 6) is 1.86. The van der Waals surface area contributed by atoms with Gasteiger partial charge in [-0.1, -0.05) is 170 Å². The highest BCUT2D eigenvalue weighted by Crippen LogP contribution is 2.44. The number of hydrogen-bond donors (Lipinski definition) is 0. The minimum atomic E-state index is 0.606. The predicted octanol–water partition coefficient (Wildman–Crippen LogP) is 14.6. The Bertz CT molecular complexity index is 3830. The zero-order valence-corrected chi connectivity index (χ0v) is 33.9. The molecule has 6 heteroatoms. The first-order valence-electron chi connectivity index (χ1n) is 21.2. The van der Waals surface area contributed by atoms with Crippen molar-refractivity contribution >= 4 is 65.6 Å². The molecule has 0 fully saturated rings. The van der Waals surface area contributed by atoms with E-state index < -0.39 is 0 Å². The van der Waals surface area contributed by atoms with Gasteiger partial charge in [-0.25, -0.2) is 15.0 Å². The lowest BCUT2D eigenvalue weighted by Crippen LogP contribution is -2.00. The first-order chi connectivity index (χ1) is 31.2. The molecule has 9 aromatic carbocycles. The monoisotopic (exact) mass is 805 g/mol. The molecule has 0 bridgehead atoms. The van der Waals surface area contributed by atoms with Gasteiger partial charge in [0.25, 0.3) is 0 Å². The summed E-state index contributed by atoms with van der Waals surface area (Å²) in [6.45, 7) is 0. The van der Waals surface area contributed by atoms with E-state index in [1.165, 1.54) is 21.9 Å². The molecule has 0 unspecified atom stereocenters. The Morgan fingerprint density at radius 2 is 0.778 bits per heavy atom. The van der Waals surface area contributed by atoms with Crippen LogP contribution in [0.1, 0.15) is 0 Å². The Labute approximate surface area is 361 Å². The fourth-order valence-electron chi connectivity index (χ4n) is 9.48. The van der Waals surface area contributed by atoms with E-state index in [0.717, 1.165) is 82.8 Å². The first kappa shape index (κ1) is 35.2. The van der Waals surface area contributed by atoms with Gasteiger partial charge in [0.2, 0.25) is 0 Å². The lowest BCUT2D eigenvalue weighted by atomic mass is 10.0. The second kappa shape index (κ2) is 14.0. The summed E-state index contributed by atoms with van der Waals surface area (Å²) in [5.41, 5.74) is 13.1. The molecule has 0 radical (unpaired) electrons. The van der Waals surface area contributed by atoms with Gasteiger partial charge < -0.3 is 13.6 Å². The Morgan fingerprint density at radius 1 is 0.302 bits per heavy atom. The maximum Gasteiger partial charge on any atom is 0.164 e. The third kappa shape index (κ3) is 5.55. The fraction of sp³-hybridized carbons (Fsp3) is 0. The summed E-state index contributed by atoms with van der Waals surface area (Å²) in [7, 11) is 0. The molecule has 0 N–H and O–H groups in total. The van der Waals surface area contributed by atoms with Crippen molar-refractivity contribution in [3.63, 3.8) is 0 Å². The van der Waals surface area contributed by atoms with Gasteiger partial charge in [-0.3, -0.25) is 0 Å². The van der Waals surface area contributed by atoms with Crippen molar-refractivity contribution in [1.29, 1.82) is 0 Å². The van der Waals surface area contributed by atoms with Gasteiger partial charge in [0.1, 0.15) is 0 Å². The number of nitrogens with zero attached hydrogens (tertiary/aromatic N) is 5. The van der Waals surface area contributed by atoms with E-state index >= 15 is 0 Å². The third-order valence-corrected chi connectivity index (χ3v) is 12.4. The van der Waals surface area contributed by atoms with E-state index in [1.807, 2.05) is 60.7 Å². The average molecular weight is 806 g/mol. The molecule has 0 spiro atoms. The molecule has 6 nitrogen and oxygen atoms in total. The van der Waals surface area contributed by atoms with Crippen LogP contribution in [0, 0.1) is 0 Å². The van der Waals surface area contributed by atoms with Gasteiger partial charge in [0, 0.05) is 54.7 Å². The second-order valence-corrected chi connectivity index (χ2v) is 16.0. The molecule has 0 aliphatic rings. The summed E-state index contributed by atoms with van der Waals surface area (Å²) in [5, 5.41) is 6.73. The highest BCUT2D eigenvalue weighted by atomic mass is 16.3. The summed E-state index contributed by atoms with van der Waals surface area (Å²) in [6.07, 6.45) is 0. The van der Waals surface area contributed by atoms with Crippen molar-refractivity contribution < 1.29 is 4.42 Å². The zero-order chi connectivity index (χ0) is 41.4. The lowest BCUT2D eigenvalue weighted by Gasteiger charge is -2.10. The van der Waals surface area contributed by atoms with E-state index in [2.05, 4.69) is 161 Å². The molecule has 13 aromatic rings. The molecular weight excluding hydrogens is 771 g/mol. The van der Waals surface area contributed by atoms with Crippen LogP contribution in [0.4, 0.5) is 0 Å². The molecule has 4 heterocycles. The van der Waals surface area contributed by atoms with Crippen molar-refractivity contribution in [2.45, 2.75) is 0 Å². The van der Waals surface area contributed by atoms with E-state index in [9.17, 15) is 0 Å². The van der Waals surface area contributed by atoms with Gasteiger partial charge >= 0.3 is 0 Å². The van der Waals surface area contributed by atoms with Crippen molar-refractivity contribution in [3.05, 3.63) is 212 Å². The highest BCUT2D eigenvalue weighted by Gasteiger charge is 2.23. The smallest absolute Gasteiger partial charge is 0.164 e. The highest BCUT2D eigenvalue weighted by molar-refractivity contribution is 6.23. The molecule has 294 valence electrons. The van der Waals surface area contributed by atoms with Crippen molar-refractivity contribution in [1.82, 2.24) is 24.1 Å². The summed E-state index contributed by atoms with van der Waals surface area (Å²) < 4.78 is 12.0. The Kier molecular flexibility index (Phi) is 7.80. The van der Waals surface area contributed by atoms with Gasteiger partial charge in [-0.15, -0.1) is 0 Å². The normalized spacial score (nSPS) is 11.8. The van der Waals surface area contributed by atoms with Gasteiger partial charge in [-0.05, 0) is 53.6 Å². The Morgan fingerprint density at radius 3 is 1.48 bits per heavy atom. The Hall–Kier alpha value is -8.61. The maximum atomic E-state index is 7.29. The molecule has 13 rings (SSSR count). The molecular formula is C57H35N5O. The standard InChI is InChI=1S/C57H35N5O/c1-5-16-36(17-6-1)39-28-30-43-42-24-13-14-26-48(42)62(51(43)34-39)49-27-15-25-46-47-33-32-45-44-31-29-40(35-50(44)61(41-22-11-4-12-23-41)52(45)54(47)63-53(46)49)57-59-55(37-18-7-2-8-19-37)58-56(60-57)38-20-9-3-10-21-38/h1-35H. The van der Waals surface area contributed by atoms with Crippen LogP contribution < -0.4 is 0 Å². The van der Waals surface area contributed by atoms with E-state index in [1.54, 1.807) is 0 Å². The van der Waals surface area contributed by atoms with E-state index in [0.29, 0.717) is 17.5 Å². The van der Waals surface area contributed by atoms with Crippen LogP contribution in [0.25, 0.3) is 122 Å². The van der Waals surface area contributed by atoms with Crippen molar-refractivity contribution in [2.75, 3.05) is 0 Å². The minimum Gasteiger partial charge on any atom is -0.452 e. The van der Waals surface area contributed by atoms with Crippen LogP contribution in [0.2, 0.25) is 0 Å². The van der Waals surface area contributed by atoms with Gasteiger partial charge in [0.15, 0.2) is 28.6 Å². The predicted molar refractivity (Wildman–Crippen MR) is 258 cm³/mol. The fourth-order valence-corrected chi connectivity index (χ4v) is 9.48. The van der Waals surface area contributed by atoms with Crippen LogP contribution in [-0.2, 0) is 0 Å². The molecule has 0 aliphatic carbocycles. The molecule has 0 atom stereocenters. The molecule has 0 aliphatic heterocycles. The second-order valence-electron chi connectivity index (χ2n) is 16.0. The number of benzene rings is 9. The van der Waals surface area contributed by atoms with Gasteiger partial charge in [-0.2, -0.15) is 0 Å². The van der Waals surface area contributed by atoms with E-state index in [-0.39, 0.29) is 0 Å². The van der Waals surface area contributed by atoms with Crippen LogP contribution >= 0.6 is 0 Å². The molecule has 0 amide bonds. The number of hydrogen-bond acceptors (Lipinski definition) is 4. The van der Waals surface area contributed by atoms with Crippen LogP contribution in [-0.4, -0.2) is 24.1 Å². The molecule has 0 saturated carbocycles. The van der Waals surface area contributed by atoms with Crippen LogP contribution in [0.15, 0.2) is 217 Å². The molecule has 63 heavy (non-hydrogen) atoms. The van der Waals surface area contributed by atoms with Crippen LogP contribution in [0.3, 0.4) is 0 Å². The number of para-hydroxylation sites is 3. The largest absolute Gasteiger partial charge is 0.452 e. The maximum absolute atomic E-state index is 7.29. The number of fused-ring (bicyclic) bond motifs is 10. The molecule has 4 aromatic heterocycles. The first-order valence-corrected chi connectivity index (χ1v) is 21.2. The third-order valence-electron chi connectivity index (χ3n) is 12.4. The minimum absolute atomic E-state index is 0.606. The number of rotatable bonds is 6. The van der Waals surface area contributed by atoms with Crippen LogP contribution in [0.5, 0.6) is 0 Å². The summed E-state index contributed by atoms with van der Waals surface area (Å²) in [6, 6.07) is 74.3. The quantitative estimate of drug-likeness (QED) is 0.168.